The Hall–Kier alpha value is -0.900. The highest BCUT2D eigenvalue weighted by Gasteiger charge is 2.12. The molecular weight excluding hydrogens is 288 g/mol. The van der Waals surface area contributed by atoms with Gasteiger partial charge in [-0.1, -0.05) is 50.1 Å². The van der Waals surface area contributed by atoms with Gasteiger partial charge in [0.1, 0.15) is 5.01 Å². The lowest BCUT2D eigenvalue weighted by Gasteiger charge is -2.02. The van der Waals surface area contributed by atoms with Gasteiger partial charge < -0.3 is 5.32 Å². The van der Waals surface area contributed by atoms with Crippen molar-refractivity contribution in [2.24, 2.45) is 0 Å². The van der Waals surface area contributed by atoms with Crippen molar-refractivity contribution in [3.05, 3.63) is 39.9 Å². The Kier molecular flexibility index (Phi) is 6.02. The molecule has 0 amide bonds. The second-order valence-corrected chi connectivity index (χ2v) is 6.24. The first-order chi connectivity index (χ1) is 9.76. The number of rotatable bonds is 7. The van der Waals surface area contributed by atoms with E-state index in [0.29, 0.717) is 0 Å². The minimum Gasteiger partial charge on any atom is -0.312 e. The minimum atomic E-state index is 0.773. The maximum atomic E-state index is 6.26. The number of nitrogens with one attached hydrogen (secondary N) is 1. The number of halogens is 1. The molecule has 20 heavy (non-hydrogen) atoms. The summed E-state index contributed by atoms with van der Waals surface area (Å²) in [4.78, 5) is 6.08. The highest BCUT2D eigenvalue weighted by atomic mass is 35.5. The fourth-order valence-corrected chi connectivity index (χ4v) is 3.49. The highest BCUT2D eigenvalue weighted by molar-refractivity contribution is 7.15. The van der Waals surface area contributed by atoms with E-state index in [1.165, 1.54) is 23.4 Å². The van der Waals surface area contributed by atoms with Crippen LogP contribution in [0.5, 0.6) is 0 Å². The van der Waals surface area contributed by atoms with Crippen LogP contribution in [0.1, 0.15) is 37.3 Å². The SMILES string of the molecule is CCCCNCc1sc(-c2ccccc2Cl)nc1CC. The van der Waals surface area contributed by atoms with Gasteiger partial charge in [-0.2, -0.15) is 0 Å². The Morgan fingerprint density at radius 2 is 2.05 bits per heavy atom. The van der Waals surface area contributed by atoms with Crippen LogP contribution in [-0.2, 0) is 13.0 Å². The number of nitrogens with zero attached hydrogens (tertiary/aromatic N) is 1. The molecule has 0 aliphatic carbocycles. The van der Waals surface area contributed by atoms with Crippen LogP contribution in [0.25, 0.3) is 10.6 Å². The number of aryl methyl sites for hydroxylation is 1. The zero-order valence-corrected chi connectivity index (χ0v) is 13.7. The summed E-state index contributed by atoms with van der Waals surface area (Å²) in [6, 6.07) is 7.92. The largest absolute Gasteiger partial charge is 0.312 e. The molecule has 0 radical (unpaired) electrons. The lowest BCUT2D eigenvalue weighted by Crippen LogP contribution is -2.14. The smallest absolute Gasteiger partial charge is 0.125 e. The molecular formula is C16H21ClN2S. The molecule has 0 atom stereocenters. The number of hydrogen-bond donors (Lipinski definition) is 1. The molecule has 108 valence electrons. The Balaban J connectivity index is 2.16. The topological polar surface area (TPSA) is 24.9 Å². The first-order valence-corrected chi connectivity index (χ1v) is 8.39. The van der Waals surface area contributed by atoms with Crippen LogP contribution < -0.4 is 5.32 Å². The van der Waals surface area contributed by atoms with Gasteiger partial charge in [-0.25, -0.2) is 4.98 Å². The molecule has 0 spiro atoms. The zero-order chi connectivity index (χ0) is 14.4. The average molecular weight is 309 g/mol. The third-order valence-corrected chi connectivity index (χ3v) is 4.67. The molecule has 2 aromatic rings. The molecule has 0 unspecified atom stereocenters. The Labute approximate surface area is 130 Å². The second kappa shape index (κ2) is 7.77. The summed E-state index contributed by atoms with van der Waals surface area (Å²) in [5.74, 6) is 0. The van der Waals surface area contributed by atoms with Gasteiger partial charge >= 0.3 is 0 Å². The molecule has 0 fully saturated rings. The summed E-state index contributed by atoms with van der Waals surface area (Å²) >= 11 is 8.01. The monoisotopic (exact) mass is 308 g/mol. The quantitative estimate of drug-likeness (QED) is 0.735. The summed E-state index contributed by atoms with van der Waals surface area (Å²) in [5, 5.41) is 5.29. The number of benzene rings is 1. The molecule has 4 heteroatoms. The molecule has 0 saturated heterocycles. The molecule has 0 saturated carbocycles. The predicted octanol–water partition coefficient (Wildman–Crippen LogP) is 4.92. The molecule has 0 aliphatic rings. The lowest BCUT2D eigenvalue weighted by atomic mass is 10.2. The summed E-state index contributed by atoms with van der Waals surface area (Å²) in [5.41, 5.74) is 2.22. The van der Waals surface area contributed by atoms with Crippen molar-refractivity contribution >= 4 is 22.9 Å². The van der Waals surface area contributed by atoms with E-state index in [1.54, 1.807) is 11.3 Å². The van der Waals surface area contributed by atoms with Gasteiger partial charge in [0.2, 0.25) is 0 Å². The summed E-state index contributed by atoms with van der Waals surface area (Å²) in [6.07, 6.45) is 3.41. The Morgan fingerprint density at radius 1 is 1.25 bits per heavy atom. The molecule has 2 rings (SSSR count). The molecule has 1 aromatic carbocycles. The van der Waals surface area contributed by atoms with Crippen molar-refractivity contribution in [1.29, 1.82) is 0 Å². The van der Waals surface area contributed by atoms with Crippen molar-refractivity contribution in [1.82, 2.24) is 10.3 Å². The van der Waals surface area contributed by atoms with Crippen molar-refractivity contribution < 1.29 is 0 Å². The Morgan fingerprint density at radius 3 is 2.75 bits per heavy atom. The van der Waals surface area contributed by atoms with Gasteiger partial charge in [-0.05, 0) is 25.5 Å². The average Bonchev–Trinajstić information content (AvgIpc) is 2.87. The van der Waals surface area contributed by atoms with E-state index in [0.717, 1.165) is 35.1 Å². The first kappa shape index (κ1) is 15.5. The standard InChI is InChI=1S/C16H21ClN2S/c1-3-5-10-18-11-15-14(4-2)19-16(20-15)12-8-6-7-9-13(12)17/h6-9,18H,3-5,10-11H2,1-2H3. The molecule has 1 heterocycles. The third kappa shape index (κ3) is 3.81. The molecule has 0 bridgehead atoms. The fourth-order valence-electron chi connectivity index (χ4n) is 2.05. The number of hydrogen-bond acceptors (Lipinski definition) is 3. The fraction of sp³-hybridized carbons (Fsp3) is 0.438. The third-order valence-electron chi connectivity index (χ3n) is 3.21. The van der Waals surface area contributed by atoms with Gasteiger partial charge in [0.15, 0.2) is 0 Å². The van der Waals surface area contributed by atoms with Crippen molar-refractivity contribution in [2.75, 3.05) is 6.54 Å². The van der Waals surface area contributed by atoms with E-state index in [4.69, 9.17) is 16.6 Å². The lowest BCUT2D eigenvalue weighted by molar-refractivity contribution is 0.642. The normalized spacial score (nSPS) is 10.9. The van der Waals surface area contributed by atoms with E-state index >= 15 is 0 Å². The summed E-state index contributed by atoms with van der Waals surface area (Å²) in [6.45, 7) is 6.34. The maximum Gasteiger partial charge on any atom is 0.125 e. The van der Waals surface area contributed by atoms with Gasteiger partial charge in [0.25, 0.3) is 0 Å². The van der Waals surface area contributed by atoms with Gasteiger partial charge in [0, 0.05) is 17.0 Å². The van der Waals surface area contributed by atoms with Crippen LogP contribution in [-0.4, -0.2) is 11.5 Å². The van der Waals surface area contributed by atoms with Crippen molar-refractivity contribution in [2.45, 2.75) is 39.7 Å². The molecule has 0 aliphatic heterocycles. The summed E-state index contributed by atoms with van der Waals surface area (Å²) in [7, 11) is 0. The maximum absolute atomic E-state index is 6.26. The second-order valence-electron chi connectivity index (χ2n) is 4.75. The van der Waals surface area contributed by atoms with Gasteiger partial charge in [0.05, 0.1) is 10.7 Å². The number of unbranched alkanes of at least 4 members (excludes halogenated alkanes) is 1. The van der Waals surface area contributed by atoms with Crippen LogP contribution in [0, 0.1) is 0 Å². The van der Waals surface area contributed by atoms with E-state index in [-0.39, 0.29) is 0 Å². The molecule has 1 N–H and O–H groups in total. The van der Waals surface area contributed by atoms with E-state index in [9.17, 15) is 0 Å². The van der Waals surface area contributed by atoms with Gasteiger partial charge in [-0.3, -0.25) is 0 Å². The van der Waals surface area contributed by atoms with E-state index in [1.807, 2.05) is 24.3 Å². The van der Waals surface area contributed by atoms with Crippen molar-refractivity contribution in [3.8, 4) is 10.6 Å². The zero-order valence-electron chi connectivity index (χ0n) is 12.1. The molecule has 1 aromatic heterocycles. The highest BCUT2D eigenvalue weighted by Crippen LogP contribution is 2.33. The summed E-state index contributed by atoms with van der Waals surface area (Å²) < 4.78 is 0. The van der Waals surface area contributed by atoms with Crippen LogP contribution in [0.3, 0.4) is 0 Å². The van der Waals surface area contributed by atoms with Gasteiger partial charge in [-0.15, -0.1) is 11.3 Å². The van der Waals surface area contributed by atoms with Crippen molar-refractivity contribution in [3.63, 3.8) is 0 Å². The minimum absolute atomic E-state index is 0.773. The first-order valence-electron chi connectivity index (χ1n) is 7.20. The predicted molar refractivity (Wildman–Crippen MR) is 88.6 cm³/mol. The van der Waals surface area contributed by atoms with Crippen LogP contribution >= 0.6 is 22.9 Å². The van der Waals surface area contributed by atoms with E-state index < -0.39 is 0 Å². The number of thiazole rings is 1. The van der Waals surface area contributed by atoms with Crippen LogP contribution in [0.2, 0.25) is 5.02 Å². The Bertz CT molecular complexity index is 551. The molecule has 2 nitrogen and oxygen atoms in total. The number of aromatic nitrogens is 1. The van der Waals surface area contributed by atoms with Crippen LogP contribution in [0.15, 0.2) is 24.3 Å². The van der Waals surface area contributed by atoms with Crippen LogP contribution in [0.4, 0.5) is 0 Å². The van der Waals surface area contributed by atoms with E-state index in [2.05, 4.69) is 19.2 Å².